The Bertz CT molecular complexity index is 1160. The van der Waals surface area contributed by atoms with Crippen molar-refractivity contribution in [1.82, 2.24) is 9.78 Å². The van der Waals surface area contributed by atoms with E-state index < -0.39 is 5.63 Å². The van der Waals surface area contributed by atoms with Crippen molar-refractivity contribution in [1.29, 1.82) is 0 Å². The zero-order valence-electron chi connectivity index (χ0n) is 14.6. The molecule has 2 aromatic heterocycles. The van der Waals surface area contributed by atoms with E-state index in [0.29, 0.717) is 28.8 Å². The van der Waals surface area contributed by atoms with Crippen molar-refractivity contribution in [3.05, 3.63) is 76.3 Å². The summed E-state index contributed by atoms with van der Waals surface area (Å²) in [6.45, 7) is 3.73. The quantitative estimate of drug-likeness (QED) is 0.564. The maximum atomic E-state index is 11.8. The highest BCUT2D eigenvalue weighted by Gasteiger charge is 2.17. The van der Waals surface area contributed by atoms with Gasteiger partial charge in [-0.1, -0.05) is 25.1 Å². The molecule has 1 N–H and O–H groups in total. The second-order valence-corrected chi connectivity index (χ2v) is 6.20. The van der Waals surface area contributed by atoms with Gasteiger partial charge in [-0.05, 0) is 43.2 Å². The van der Waals surface area contributed by atoms with E-state index in [-0.39, 0.29) is 5.75 Å². The van der Waals surface area contributed by atoms with Crippen molar-refractivity contribution in [2.45, 2.75) is 20.3 Å². The first-order chi connectivity index (χ1) is 12.6. The molecule has 4 aromatic rings. The zero-order chi connectivity index (χ0) is 18.3. The number of hydrogen-bond acceptors (Lipinski definition) is 4. The number of hydrogen-bond donors (Lipinski definition) is 1. The van der Waals surface area contributed by atoms with Crippen LogP contribution in [0.25, 0.3) is 27.9 Å². The summed E-state index contributed by atoms with van der Waals surface area (Å²) >= 11 is 0. The van der Waals surface area contributed by atoms with E-state index in [4.69, 9.17) is 4.42 Å². The molecule has 5 nitrogen and oxygen atoms in total. The fourth-order valence-corrected chi connectivity index (χ4v) is 3.19. The van der Waals surface area contributed by atoms with Crippen molar-refractivity contribution >= 4 is 11.0 Å². The monoisotopic (exact) mass is 346 g/mol. The van der Waals surface area contributed by atoms with Crippen LogP contribution in [-0.2, 0) is 6.42 Å². The van der Waals surface area contributed by atoms with Crippen LogP contribution >= 0.6 is 0 Å². The Labute approximate surface area is 150 Å². The van der Waals surface area contributed by atoms with Crippen LogP contribution in [0.1, 0.15) is 18.1 Å². The molecule has 0 aliphatic rings. The number of aromatic hydroxyl groups is 1. The Balaban J connectivity index is 1.93. The smallest absolute Gasteiger partial charge is 0.336 e. The van der Waals surface area contributed by atoms with Gasteiger partial charge in [0.05, 0.1) is 11.4 Å². The van der Waals surface area contributed by atoms with Gasteiger partial charge in [-0.2, -0.15) is 5.10 Å². The molecule has 26 heavy (non-hydrogen) atoms. The molecule has 0 saturated heterocycles. The van der Waals surface area contributed by atoms with Crippen LogP contribution in [-0.4, -0.2) is 14.9 Å². The third-order valence-electron chi connectivity index (χ3n) is 4.59. The largest absolute Gasteiger partial charge is 0.507 e. The third kappa shape index (κ3) is 2.58. The number of benzene rings is 2. The lowest BCUT2D eigenvalue weighted by molar-refractivity contribution is 0.470. The van der Waals surface area contributed by atoms with Crippen LogP contribution < -0.4 is 5.63 Å². The highest BCUT2D eigenvalue weighted by atomic mass is 16.4. The molecule has 0 radical (unpaired) electrons. The Hall–Kier alpha value is -3.34. The molecule has 4 rings (SSSR count). The number of fused-ring (bicyclic) bond motifs is 1. The van der Waals surface area contributed by atoms with E-state index in [2.05, 4.69) is 5.10 Å². The van der Waals surface area contributed by atoms with Gasteiger partial charge < -0.3 is 9.52 Å². The lowest BCUT2D eigenvalue weighted by Crippen LogP contribution is -2.01. The molecule has 0 saturated carbocycles. The van der Waals surface area contributed by atoms with E-state index in [9.17, 15) is 9.90 Å². The van der Waals surface area contributed by atoms with Gasteiger partial charge in [-0.3, -0.25) is 0 Å². The standard InChI is InChI=1S/C21H18N2O3/c1-3-14-11-19(24)26-21-13(2)20(25)17(12-16(14)21)18-9-10-23(22-18)15-7-5-4-6-8-15/h4-12,25H,3H2,1-2H3. The molecule has 0 amide bonds. The molecule has 0 bridgehead atoms. The summed E-state index contributed by atoms with van der Waals surface area (Å²) in [5.41, 5.74) is 3.67. The van der Waals surface area contributed by atoms with E-state index >= 15 is 0 Å². The first-order valence-corrected chi connectivity index (χ1v) is 8.49. The molecular formula is C21H18N2O3. The molecule has 0 atom stereocenters. The van der Waals surface area contributed by atoms with E-state index in [1.807, 2.05) is 55.6 Å². The van der Waals surface area contributed by atoms with Gasteiger partial charge in [0.25, 0.3) is 0 Å². The molecule has 2 aromatic carbocycles. The van der Waals surface area contributed by atoms with Crippen LogP contribution in [0, 0.1) is 6.92 Å². The molecule has 5 heteroatoms. The number of phenolic OH excluding ortho intramolecular Hbond substituents is 1. The van der Waals surface area contributed by atoms with Gasteiger partial charge >= 0.3 is 5.63 Å². The Kier molecular flexibility index (Phi) is 3.84. The number of phenols is 1. The lowest BCUT2D eigenvalue weighted by atomic mass is 9.99. The Morgan fingerprint density at radius 2 is 1.92 bits per heavy atom. The van der Waals surface area contributed by atoms with Crippen LogP contribution in [0.15, 0.2) is 63.9 Å². The number of para-hydroxylation sites is 1. The maximum Gasteiger partial charge on any atom is 0.336 e. The fourth-order valence-electron chi connectivity index (χ4n) is 3.19. The molecular weight excluding hydrogens is 328 g/mol. The van der Waals surface area contributed by atoms with E-state index in [1.54, 1.807) is 11.6 Å². The number of nitrogens with zero attached hydrogens (tertiary/aromatic N) is 2. The van der Waals surface area contributed by atoms with Gasteiger partial charge in [-0.15, -0.1) is 0 Å². The van der Waals surface area contributed by atoms with Gasteiger partial charge in [0.15, 0.2) is 0 Å². The average Bonchev–Trinajstić information content (AvgIpc) is 3.15. The second-order valence-electron chi connectivity index (χ2n) is 6.20. The average molecular weight is 346 g/mol. The minimum absolute atomic E-state index is 0.0761. The van der Waals surface area contributed by atoms with Crippen molar-refractivity contribution in [3.63, 3.8) is 0 Å². The molecule has 130 valence electrons. The summed E-state index contributed by atoms with van der Waals surface area (Å²) in [6, 6.07) is 15.0. The topological polar surface area (TPSA) is 68.3 Å². The highest BCUT2D eigenvalue weighted by Crippen LogP contribution is 2.37. The minimum atomic E-state index is -0.405. The summed E-state index contributed by atoms with van der Waals surface area (Å²) in [4.78, 5) is 11.8. The fraction of sp³-hybridized carbons (Fsp3) is 0.143. The Morgan fingerprint density at radius 1 is 1.15 bits per heavy atom. The molecule has 0 fully saturated rings. The molecule has 0 spiro atoms. The summed E-state index contributed by atoms with van der Waals surface area (Å²) in [5, 5.41) is 16.1. The van der Waals surface area contributed by atoms with Crippen LogP contribution in [0.2, 0.25) is 0 Å². The van der Waals surface area contributed by atoms with Crippen molar-refractivity contribution in [3.8, 4) is 22.7 Å². The van der Waals surface area contributed by atoms with E-state index in [0.717, 1.165) is 16.6 Å². The molecule has 0 unspecified atom stereocenters. The normalized spacial score (nSPS) is 11.2. The SMILES string of the molecule is CCc1cc(=O)oc2c(C)c(O)c(-c3ccn(-c4ccccc4)n3)cc12. The summed E-state index contributed by atoms with van der Waals surface area (Å²) in [7, 11) is 0. The first kappa shape index (κ1) is 16.1. The van der Waals surface area contributed by atoms with Gasteiger partial charge in [0, 0.05) is 28.8 Å². The molecule has 0 aliphatic heterocycles. The lowest BCUT2D eigenvalue weighted by Gasteiger charge is -2.11. The van der Waals surface area contributed by atoms with Crippen molar-refractivity contribution in [2.24, 2.45) is 0 Å². The molecule has 2 heterocycles. The van der Waals surface area contributed by atoms with E-state index in [1.165, 1.54) is 6.07 Å². The van der Waals surface area contributed by atoms with Crippen LogP contribution in [0.4, 0.5) is 0 Å². The third-order valence-corrected chi connectivity index (χ3v) is 4.59. The van der Waals surface area contributed by atoms with Gasteiger partial charge in [0.2, 0.25) is 0 Å². The summed E-state index contributed by atoms with van der Waals surface area (Å²) in [5.74, 6) is 0.0761. The van der Waals surface area contributed by atoms with Crippen LogP contribution in [0.3, 0.4) is 0 Å². The minimum Gasteiger partial charge on any atom is -0.507 e. The maximum absolute atomic E-state index is 11.8. The predicted octanol–water partition coefficient (Wildman–Crippen LogP) is 4.22. The zero-order valence-corrected chi connectivity index (χ0v) is 14.6. The van der Waals surface area contributed by atoms with Crippen molar-refractivity contribution in [2.75, 3.05) is 0 Å². The molecule has 0 aliphatic carbocycles. The predicted molar refractivity (Wildman–Crippen MR) is 101 cm³/mol. The number of aromatic nitrogens is 2. The summed E-state index contributed by atoms with van der Waals surface area (Å²) in [6.07, 6.45) is 2.56. The first-order valence-electron chi connectivity index (χ1n) is 8.49. The number of aryl methyl sites for hydroxylation is 2. The van der Waals surface area contributed by atoms with Gasteiger partial charge in [-0.25, -0.2) is 9.48 Å². The second kappa shape index (κ2) is 6.19. The van der Waals surface area contributed by atoms with Crippen molar-refractivity contribution < 1.29 is 9.52 Å². The highest BCUT2D eigenvalue weighted by molar-refractivity contribution is 5.91. The summed E-state index contributed by atoms with van der Waals surface area (Å²) < 4.78 is 7.10. The van der Waals surface area contributed by atoms with Crippen LogP contribution in [0.5, 0.6) is 5.75 Å². The number of rotatable bonds is 3. The van der Waals surface area contributed by atoms with Gasteiger partial charge in [0.1, 0.15) is 11.3 Å². The Morgan fingerprint density at radius 3 is 2.65 bits per heavy atom.